The summed E-state index contributed by atoms with van der Waals surface area (Å²) in [5.74, 6) is 0.887. The van der Waals surface area contributed by atoms with Crippen LogP contribution in [0.25, 0.3) is 11.4 Å². The average molecular weight is 347 g/mol. The Morgan fingerprint density at radius 2 is 2.08 bits per heavy atom. The van der Waals surface area contributed by atoms with Gasteiger partial charge in [0.1, 0.15) is 11.6 Å². The monoisotopic (exact) mass is 347 g/mol. The van der Waals surface area contributed by atoms with Crippen molar-refractivity contribution in [2.45, 2.75) is 56.5 Å². The second-order valence-corrected chi connectivity index (χ2v) is 7.78. The molecule has 0 radical (unpaired) electrons. The second kappa shape index (κ2) is 7.47. The second-order valence-electron chi connectivity index (χ2n) is 6.61. The summed E-state index contributed by atoms with van der Waals surface area (Å²) in [5, 5.41) is 9.16. The molecule has 1 saturated carbocycles. The molecule has 1 fully saturated rings. The maximum Gasteiger partial charge on any atom is 0.192 e. The topological polar surface area (TPSA) is 47.8 Å². The lowest BCUT2D eigenvalue weighted by atomic mass is 9.99. The lowest BCUT2D eigenvalue weighted by Crippen LogP contribution is -2.22. The summed E-state index contributed by atoms with van der Waals surface area (Å²) in [6, 6.07) is 6.61. The highest BCUT2D eigenvalue weighted by Crippen LogP contribution is 2.33. The molecule has 0 N–H and O–H groups in total. The van der Waals surface area contributed by atoms with Crippen LogP contribution in [-0.2, 0) is 11.3 Å². The molecule has 1 heterocycles. The van der Waals surface area contributed by atoms with Gasteiger partial charge < -0.3 is 4.57 Å². The van der Waals surface area contributed by atoms with Crippen LogP contribution < -0.4 is 0 Å². The number of benzene rings is 1. The molecule has 0 saturated heterocycles. The molecule has 24 heavy (non-hydrogen) atoms. The van der Waals surface area contributed by atoms with Gasteiger partial charge in [0.05, 0.1) is 10.8 Å². The van der Waals surface area contributed by atoms with E-state index in [1.54, 1.807) is 18.2 Å². The SMILES string of the molecule is CC(C)Cn1c(SC2CCCCC2=O)nnc1-c1ccccc1F. The van der Waals surface area contributed by atoms with Gasteiger partial charge in [-0.05, 0) is 30.9 Å². The first kappa shape index (κ1) is 17.1. The Kier molecular flexibility index (Phi) is 5.33. The molecule has 0 spiro atoms. The van der Waals surface area contributed by atoms with Gasteiger partial charge in [0, 0.05) is 13.0 Å². The molecule has 1 aliphatic rings. The van der Waals surface area contributed by atoms with Crippen LogP contribution in [0.4, 0.5) is 4.39 Å². The average Bonchev–Trinajstić information content (AvgIpc) is 2.92. The van der Waals surface area contributed by atoms with Crippen LogP contribution in [0.15, 0.2) is 29.4 Å². The van der Waals surface area contributed by atoms with Crippen molar-refractivity contribution in [1.29, 1.82) is 0 Å². The predicted molar refractivity (Wildman–Crippen MR) is 93.4 cm³/mol. The van der Waals surface area contributed by atoms with Crippen LogP contribution in [0, 0.1) is 11.7 Å². The van der Waals surface area contributed by atoms with E-state index >= 15 is 0 Å². The fraction of sp³-hybridized carbons (Fsp3) is 0.500. The number of nitrogens with zero attached hydrogens (tertiary/aromatic N) is 3. The minimum absolute atomic E-state index is 0.0534. The lowest BCUT2D eigenvalue weighted by Gasteiger charge is -2.20. The van der Waals surface area contributed by atoms with Gasteiger partial charge in [-0.1, -0.05) is 44.2 Å². The molecule has 3 rings (SSSR count). The molecule has 1 atom stereocenters. The molecule has 4 nitrogen and oxygen atoms in total. The molecule has 2 aromatic rings. The van der Waals surface area contributed by atoms with E-state index in [1.807, 2.05) is 4.57 Å². The molecule has 0 aliphatic heterocycles. The van der Waals surface area contributed by atoms with E-state index in [1.165, 1.54) is 17.8 Å². The normalized spacial score (nSPS) is 18.3. The van der Waals surface area contributed by atoms with Crippen LogP contribution in [0.2, 0.25) is 0 Å². The number of hydrogen-bond donors (Lipinski definition) is 0. The minimum atomic E-state index is -0.305. The summed E-state index contributed by atoms with van der Waals surface area (Å²) in [6.45, 7) is 4.90. The van der Waals surface area contributed by atoms with Crippen molar-refractivity contribution in [2.75, 3.05) is 0 Å². The van der Waals surface area contributed by atoms with Gasteiger partial charge in [-0.2, -0.15) is 0 Å². The zero-order valence-electron chi connectivity index (χ0n) is 14.0. The number of Topliss-reactive ketones (excluding diaryl/α,β-unsaturated/α-hetero) is 1. The van der Waals surface area contributed by atoms with Gasteiger partial charge in [-0.15, -0.1) is 10.2 Å². The molecule has 1 aliphatic carbocycles. The number of ketones is 1. The predicted octanol–water partition coefficient (Wildman–Crippen LogP) is 4.34. The zero-order valence-corrected chi connectivity index (χ0v) is 14.9. The molecule has 0 bridgehead atoms. The van der Waals surface area contributed by atoms with E-state index < -0.39 is 0 Å². The van der Waals surface area contributed by atoms with Crippen LogP contribution >= 0.6 is 11.8 Å². The van der Waals surface area contributed by atoms with Gasteiger partial charge >= 0.3 is 0 Å². The standard InChI is InChI=1S/C18H22FN3OS/c1-12(2)11-22-17(13-7-3-4-8-14(13)19)20-21-18(22)24-16-10-6-5-9-15(16)23/h3-4,7-8,12,16H,5-6,9-11H2,1-2H3. The van der Waals surface area contributed by atoms with E-state index in [9.17, 15) is 9.18 Å². The first-order chi connectivity index (χ1) is 11.6. The molecular formula is C18H22FN3OS. The third kappa shape index (κ3) is 3.69. The number of carbonyl (C=O) groups excluding carboxylic acids is 1. The number of aromatic nitrogens is 3. The summed E-state index contributed by atoms with van der Waals surface area (Å²) in [4.78, 5) is 12.1. The Morgan fingerprint density at radius 3 is 2.79 bits per heavy atom. The Morgan fingerprint density at radius 1 is 1.29 bits per heavy atom. The molecule has 1 aromatic heterocycles. The molecule has 0 amide bonds. The molecular weight excluding hydrogens is 325 g/mol. The van der Waals surface area contributed by atoms with Crippen molar-refractivity contribution in [3.63, 3.8) is 0 Å². The fourth-order valence-corrected chi connectivity index (χ4v) is 4.11. The number of halogens is 1. The van der Waals surface area contributed by atoms with Gasteiger partial charge in [-0.25, -0.2) is 4.39 Å². The van der Waals surface area contributed by atoms with E-state index in [4.69, 9.17) is 0 Å². The van der Waals surface area contributed by atoms with E-state index in [2.05, 4.69) is 24.0 Å². The van der Waals surface area contributed by atoms with Gasteiger partial charge in [0.2, 0.25) is 0 Å². The van der Waals surface area contributed by atoms with Crippen molar-refractivity contribution < 1.29 is 9.18 Å². The third-order valence-corrected chi connectivity index (χ3v) is 5.42. The van der Waals surface area contributed by atoms with E-state index in [0.29, 0.717) is 35.4 Å². The zero-order chi connectivity index (χ0) is 17.1. The molecule has 1 unspecified atom stereocenters. The maximum atomic E-state index is 14.2. The lowest BCUT2D eigenvalue weighted by molar-refractivity contribution is -0.119. The highest BCUT2D eigenvalue weighted by atomic mass is 32.2. The smallest absolute Gasteiger partial charge is 0.192 e. The Hall–Kier alpha value is -1.69. The van der Waals surface area contributed by atoms with Crippen molar-refractivity contribution in [3.05, 3.63) is 30.1 Å². The van der Waals surface area contributed by atoms with Crippen molar-refractivity contribution in [2.24, 2.45) is 5.92 Å². The van der Waals surface area contributed by atoms with Crippen LogP contribution in [0.5, 0.6) is 0 Å². The highest BCUT2D eigenvalue weighted by molar-refractivity contribution is 8.00. The number of rotatable bonds is 5. The van der Waals surface area contributed by atoms with E-state index in [-0.39, 0.29) is 16.9 Å². The summed E-state index contributed by atoms with van der Waals surface area (Å²) >= 11 is 1.48. The Balaban J connectivity index is 1.95. The fourth-order valence-electron chi connectivity index (χ4n) is 2.95. The third-order valence-electron chi connectivity index (χ3n) is 4.13. The van der Waals surface area contributed by atoms with Crippen LogP contribution in [0.3, 0.4) is 0 Å². The minimum Gasteiger partial charge on any atom is -0.302 e. The largest absolute Gasteiger partial charge is 0.302 e. The summed E-state index contributed by atoms with van der Waals surface area (Å²) in [5.41, 5.74) is 0.451. The Bertz CT molecular complexity index is 729. The van der Waals surface area contributed by atoms with Crippen molar-refractivity contribution in [1.82, 2.24) is 14.8 Å². The first-order valence-corrected chi connectivity index (χ1v) is 9.31. The highest BCUT2D eigenvalue weighted by Gasteiger charge is 2.27. The van der Waals surface area contributed by atoms with Crippen LogP contribution in [-0.4, -0.2) is 25.8 Å². The molecule has 128 valence electrons. The first-order valence-electron chi connectivity index (χ1n) is 8.43. The summed E-state index contributed by atoms with van der Waals surface area (Å²) in [7, 11) is 0. The number of thioether (sulfide) groups is 1. The van der Waals surface area contributed by atoms with Gasteiger partial charge in [0.15, 0.2) is 11.0 Å². The summed E-state index contributed by atoms with van der Waals surface area (Å²) in [6.07, 6.45) is 3.58. The quantitative estimate of drug-likeness (QED) is 0.807. The van der Waals surface area contributed by atoms with Gasteiger partial charge in [0.25, 0.3) is 0 Å². The summed E-state index contributed by atoms with van der Waals surface area (Å²) < 4.78 is 16.1. The van der Waals surface area contributed by atoms with Gasteiger partial charge in [-0.3, -0.25) is 4.79 Å². The van der Waals surface area contributed by atoms with Crippen molar-refractivity contribution >= 4 is 17.5 Å². The maximum absolute atomic E-state index is 14.2. The van der Waals surface area contributed by atoms with Crippen molar-refractivity contribution in [3.8, 4) is 11.4 Å². The molecule has 6 heteroatoms. The van der Waals surface area contributed by atoms with E-state index in [0.717, 1.165) is 19.3 Å². The number of carbonyl (C=O) groups is 1. The van der Waals surface area contributed by atoms with Crippen LogP contribution in [0.1, 0.15) is 39.5 Å². The number of hydrogen-bond acceptors (Lipinski definition) is 4. The molecule has 1 aromatic carbocycles. The Labute approximate surface area is 145 Å².